The van der Waals surface area contributed by atoms with Gasteiger partial charge in [-0.1, -0.05) is 37.3 Å². The van der Waals surface area contributed by atoms with Gasteiger partial charge in [-0.2, -0.15) is 0 Å². The van der Waals surface area contributed by atoms with Crippen molar-refractivity contribution in [3.8, 4) is 0 Å². The van der Waals surface area contributed by atoms with Crippen LogP contribution in [-0.2, 0) is 4.79 Å². The van der Waals surface area contributed by atoms with Crippen molar-refractivity contribution in [2.75, 3.05) is 20.6 Å². The Hall–Kier alpha value is -1.31. The number of halogens is 1. The van der Waals surface area contributed by atoms with Crippen molar-refractivity contribution < 1.29 is 4.79 Å². The number of nitrogens with one attached hydrogen (secondary N) is 2. The number of benzene rings is 1. The number of nitrogens with zero attached hydrogens (tertiary/aromatic N) is 2. The summed E-state index contributed by atoms with van der Waals surface area (Å²) in [4.78, 5) is 17.7. The third kappa shape index (κ3) is 8.20. The first-order valence-corrected chi connectivity index (χ1v) is 7.76. The average Bonchev–Trinajstić information content (AvgIpc) is 2.52. The number of hydrogen-bond acceptors (Lipinski definition) is 2. The summed E-state index contributed by atoms with van der Waals surface area (Å²) in [5.41, 5.74) is 1.18. The molecule has 23 heavy (non-hydrogen) atoms. The first-order valence-electron chi connectivity index (χ1n) is 7.76. The Morgan fingerprint density at radius 3 is 2.30 bits per heavy atom. The lowest BCUT2D eigenvalue weighted by atomic mass is 10.1. The molecule has 0 aromatic heterocycles. The fraction of sp³-hybridized carbons (Fsp3) is 0.529. The molecule has 2 N–H and O–H groups in total. The Balaban J connectivity index is 0.00000484. The van der Waals surface area contributed by atoms with Gasteiger partial charge < -0.3 is 15.5 Å². The molecule has 0 aliphatic carbocycles. The van der Waals surface area contributed by atoms with Gasteiger partial charge in [0, 0.05) is 20.1 Å². The normalized spacial score (nSPS) is 13.5. The van der Waals surface area contributed by atoms with E-state index in [0.717, 1.165) is 6.42 Å². The van der Waals surface area contributed by atoms with Gasteiger partial charge in [0.2, 0.25) is 5.91 Å². The lowest BCUT2D eigenvalue weighted by molar-refractivity contribution is -0.127. The summed E-state index contributed by atoms with van der Waals surface area (Å²) in [5, 5.41) is 6.69. The Labute approximate surface area is 157 Å². The van der Waals surface area contributed by atoms with Crippen LogP contribution >= 0.6 is 24.0 Å². The summed E-state index contributed by atoms with van der Waals surface area (Å²) in [7, 11) is 3.47. The van der Waals surface area contributed by atoms with Gasteiger partial charge >= 0.3 is 0 Å². The molecular formula is C17H29IN4O. The highest BCUT2D eigenvalue weighted by molar-refractivity contribution is 14.0. The van der Waals surface area contributed by atoms with E-state index in [1.165, 1.54) is 5.56 Å². The van der Waals surface area contributed by atoms with Gasteiger partial charge in [-0.05, 0) is 25.8 Å². The number of guanidine groups is 1. The number of rotatable bonds is 6. The molecule has 0 fully saturated rings. The average molecular weight is 432 g/mol. The monoisotopic (exact) mass is 432 g/mol. The Bertz CT molecular complexity index is 491. The van der Waals surface area contributed by atoms with Crippen molar-refractivity contribution in [2.24, 2.45) is 4.99 Å². The molecule has 2 unspecified atom stereocenters. The van der Waals surface area contributed by atoms with Crippen molar-refractivity contribution in [1.82, 2.24) is 15.5 Å². The van der Waals surface area contributed by atoms with Gasteiger partial charge in [0.1, 0.15) is 6.54 Å². The molecule has 0 radical (unpaired) electrons. The molecule has 5 nitrogen and oxygen atoms in total. The Morgan fingerprint density at radius 2 is 1.78 bits per heavy atom. The summed E-state index contributed by atoms with van der Waals surface area (Å²) in [6.45, 7) is 6.43. The molecule has 6 heteroatoms. The van der Waals surface area contributed by atoms with Crippen molar-refractivity contribution in [1.29, 1.82) is 0 Å². The minimum Gasteiger partial charge on any atom is -0.354 e. The van der Waals surface area contributed by atoms with E-state index in [1.807, 2.05) is 18.2 Å². The molecule has 130 valence electrons. The van der Waals surface area contributed by atoms with E-state index in [1.54, 1.807) is 19.0 Å². The molecule has 2 atom stereocenters. The lowest BCUT2D eigenvalue weighted by Crippen LogP contribution is -2.43. The zero-order valence-corrected chi connectivity index (χ0v) is 17.0. The second-order valence-corrected chi connectivity index (χ2v) is 5.68. The van der Waals surface area contributed by atoms with Crippen LogP contribution in [0.5, 0.6) is 0 Å². The van der Waals surface area contributed by atoms with E-state index in [2.05, 4.69) is 48.5 Å². The molecule has 0 aliphatic rings. The van der Waals surface area contributed by atoms with Crippen LogP contribution in [0.2, 0.25) is 0 Å². The molecule has 0 heterocycles. The molecule has 0 aliphatic heterocycles. The SMILES string of the molecule is CCC(C)NC(=NCC(=O)N(C)C)NC(C)c1ccccc1.I. The maximum atomic E-state index is 11.7. The highest BCUT2D eigenvalue weighted by Crippen LogP contribution is 2.10. The quantitative estimate of drug-likeness (QED) is 0.413. The smallest absolute Gasteiger partial charge is 0.243 e. The minimum atomic E-state index is -0.0161. The third-order valence-electron chi connectivity index (χ3n) is 3.52. The largest absolute Gasteiger partial charge is 0.354 e. The minimum absolute atomic E-state index is 0. The van der Waals surface area contributed by atoms with Crippen molar-refractivity contribution >= 4 is 35.8 Å². The van der Waals surface area contributed by atoms with E-state index in [-0.39, 0.29) is 42.5 Å². The predicted octanol–water partition coefficient (Wildman–Crippen LogP) is 2.79. The number of carbonyl (C=O) groups excluding carboxylic acids is 1. The van der Waals surface area contributed by atoms with Gasteiger partial charge in [0.05, 0.1) is 6.04 Å². The fourth-order valence-corrected chi connectivity index (χ4v) is 1.79. The van der Waals surface area contributed by atoms with Crippen LogP contribution in [0, 0.1) is 0 Å². The van der Waals surface area contributed by atoms with Crippen LogP contribution in [0.3, 0.4) is 0 Å². The van der Waals surface area contributed by atoms with Gasteiger partial charge in [-0.25, -0.2) is 4.99 Å². The van der Waals surface area contributed by atoms with Crippen LogP contribution in [0.4, 0.5) is 0 Å². The summed E-state index contributed by atoms with van der Waals surface area (Å²) >= 11 is 0. The van der Waals surface area contributed by atoms with E-state index in [9.17, 15) is 4.79 Å². The number of hydrogen-bond donors (Lipinski definition) is 2. The second kappa shape index (κ2) is 11.3. The number of likely N-dealkylation sites (N-methyl/N-ethyl adjacent to an activating group) is 1. The van der Waals surface area contributed by atoms with E-state index >= 15 is 0 Å². The number of aliphatic imine (C=N–C) groups is 1. The number of carbonyl (C=O) groups is 1. The summed E-state index contributed by atoms with van der Waals surface area (Å²) in [6, 6.07) is 10.6. The van der Waals surface area contributed by atoms with Gasteiger partial charge in [-0.3, -0.25) is 4.79 Å². The van der Waals surface area contributed by atoms with Crippen LogP contribution in [-0.4, -0.2) is 43.4 Å². The molecular weight excluding hydrogens is 403 g/mol. The lowest BCUT2D eigenvalue weighted by Gasteiger charge is -2.21. The fourth-order valence-electron chi connectivity index (χ4n) is 1.79. The first kappa shape index (κ1) is 21.7. The van der Waals surface area contributed by atoms with E-state index in [4.69, 9.17) is 0 Å². The summed E-state index contributed by atoms with van der Waals surface area (Å²) in [6.07, 6.45) is 0.988. The maximum absolute atomic E-state index is 11.7. The van der Waals surface area contributed by atoms with Gasteiger partial charge in [0.15, 0.2) is 5.96 Å². The molecule has 0 bridgehead atoms. The standard InChI is InChI=1S/C17H28N4O.HI/c1-6-13(2)19-17(18-12-16(22)21(4)5)20-14(3)15-10-8-7-9-11-15;/h7-11,13-14H,6,12H2,1-5H3,(H2,18,19,20);1H. The zero-order chi connectivity index (χ0) is 16.5. The highest BCUT2D eigenvalue weighted by atomic mass is 127. The molecule has 0 saturated carbocycles. The van der Waals surface area contributed by atoms with Crippen molar-refractivity contribution in [3.63, 3.8) is 0 Å². The molecule has 0 saturated heterocycles. The first-order chi connectivity index (χ1) is 10.4. The van der Waals surface area contributed by atoms with Crippen LogP contribution in [0.1, 0.15) is 38.8 Å². The second-order valence-electron chi connectivity index (χ2n) is 5.68. The van der Waals surface area contributed by atoms with Crippen molar-refractivity contribution in [3.05, 3.63) is 35.9 Å². The Morgan fingerprint density at radius 1 is 1.17 bits per heavy atom. The summed E-state index contributed by atoms with van der Waals surface area (Å²) < 4.78 is 0. The van der Waals surface area contributed by atoms with Crippen molar-refractivity contribution in [2.45, 2.75) is 39.3 Å². The third-order valence-corrected chi connectivity index (χ3v) is 3.52. The molecule has 1 amide bonds. The Kier molecular flexibility index (Phi) is 10.6. The molecule has 0 spiro atoms. The van der Waals surface area contributed by atoms with Crippen LogP contribution < -0.4 is 10.6 Å². The van der Waals surface area contributed by atoms with Gasteiger partial charge in [0.25, 0.3) is 0 Å². The van der Waals surface area contributed by atoms with Gasteiger partial charge in [-0.15, -0.1) is 24.0 Å². The molecule has 1 aromatic carbocycles. The van der Waals surface area contributed by atoms with E-state index < -0.39 is 0 Å². The topological polar surface area (TPSA) is 56.7 Å². The highest BCUT2D eigenvalue weighted by Gasteiger charge is 2.11. The van der Waals surface area contributed by atoms with Crippen LogP contribution in [0.15, 0.2) is 35.3 Å². The van der Waals surface area contributed by atoms with E-state index in [0.29, 0.717) is 12.0 Å². The summed E-state index contributed by atoms with van der Waals surface area (Å²) in [5.74, 6) is 0.651. The molecule has 1 aromatic rings. The number of amides is 1. The molecule has 1 rings (SSSR count). The van der Waals surface area contributed by atoms with Crippen LogP contribution in [0.25, 0.3) is 0 Å². The predicted molar refractivity (Wildman–Crippen MR) is 107 cm³/mol. The maximum Gasteiger partial charge on any atom is 0.243 e. The zero-order valence-electron chi connectivity index (χ0n) is 14.7.